The number of amides is 1. The Hall–Kier alpha value is -0.180. The van der Waals surface area contributed by atoms with E-state index in [2.05, 4.69) is 12.2 Å². The molecule has 1 N–H and O–H groups in total. The lowest BCUT2D eigenvalue weighted by Crippen LogP contribution is -2.46. The van der Waals surface area contributed by atoms with E-state index in [9.17, 15) is 4.79 Å². The second kappa shape index (κ2) is 3.11. The summed E-state index contributed by atoms with van der Waals surface area (Å²) in [5.41, 5.74) is 0. The summed E-state index contributed by atoms with van der Waals surface area (Å²) in [6, 6.07) is 0. The fourth-order valence-electron chi connectivity index (χ4n) is 0.688. The van der Waals surface area contributed by atoms with Crippen molar-refractivity contribution in [3.8, 4) is 0 Å². The van der Waals surface area contributed by atoms with Gasteiger partial charge < -0.3 is 5.32 Å². The molecule has 1 aliphatic rings. The van der Waals surface area contributed by atoms with Crippen molar-refractivity contribution in [3.63, 3.8) is 0 Å². The molecule has 1 unspecified atom stereocenters. The monoisotopic (exact) mass is 145 g/mol. The first kappa shape index (κ1) is 6.93. The van der Waals surface area contributed by atoms with Crippen molar-refractivity contribution in [2.45, 2.75) is 25.1 Å². The van der Waals surface area contributed by atoms with Crippen molar-refractivity contribution >= 4 is 17.7 Å². The van der Waals surface area contributed by atoms with Crippen LogP contribution in [0.25, 0.3) is 0 Å². The van der Waals surface area contributed by atoms with Crippen molar-refractivity contribution in [2.75, 3.05) is 5.75 Å². The van der Waals surface area contributed by atoms with E-state index in [1.54, 1.807) is 0 Å². The Bertz CT molecular complexity index is 108. The molecule has 1 aliphatic heterocycles. The minimum absolute atomic E-state index is 0.198. The van der Waals surface area contributed by atoms with Gasteiger partial charge in [0, 0.05) is 0 Å². The van der Waals surface area contributed by atoms with Crippen LogP contribution in [-0.4, -0.2) is 17.0 Å². The second-order valence-electron chi connectivity index (χ2n) is 2.13. The van der Waals surface area contributed by atoms with Gasteiger partial charge in [0.15, 0.2) is 0 Å². The van der Waals surface area contributed by atoms with Gasteiger partial charge in [-0.25, -0.2) is 0 Å². The first-order valence-electron chi connectivity index (χ1n) is 3.24. The molecule has 3 heteroatoms. The zero-order chi connectivity index (χ0) is 6.69. The Labute approximate surface area is 59.4 Å². The molecule has 9 heavy (non-hydrogen) atoms. The van der Waals surface area contributed by atoms with Crippen molar-refractivity contribution in [1.82, 2.24) is 5.32 Å². The van der Waals surface area contributed by atoms with Crippen LogP contribution in [0.2, 0.25) is 0 Å². The minimum atomic E-state index is 0.198. The number of hydrogen-bond acceptors (Lipinski definition) is 2. The summed E-state index contributed by atoms with van der Waals surface area (Å²) >= 11 is 1.83. The van der Waals surface area contributed by atoms with Gasteiger partial charge in [-0.1, -0.05) is 6.92 Å². The summed E-state index contributed by atoms with van der Waals surface area (Å²) in [7, 11) is 0. The predicted octanol–water partition coefficient (Wildman–Crippen LogP) is 0.976. The summed E-state index contributed by atoms with van der Waals surface area (Å²) in [4.78, 5) is 10.3. The summed E-state index contributed by atoms with van der Waals surface area (Å²) < 4.78 is 0. The van der Waals surface area contributed by atoms with Crippen LogP contribution >= 0.6 is 11.8 Å². The molecule has 2 nitrogen and oxygen atoms in total. The molecule has 0 bridgehead atoms. The summed E-state index contributed by atoms with van der Waals surface area (Å²) in [6.45, 7) is 2.15. The molecule has 0 aromatic carbocycles. The first-order chi connectivity index (χ1) is 4.33. The molecule has 1 fully saturated rings. The number of hydrogen-bond donors (Lipinski definition) is 1. The van der Waals surface area contributed by atoms with Crippen molar-refractivity contribution in [2.24, 2.45) is 0 Å². The van der Waals surface area contributed by atoms with Crippen molar-refractivity contribution in [1.29, 1.82) is 0 Å². The van der Waals surface area contributed by atoms with E-state index < -0.39 is 0 Å². The van der Waals surface area contributed by atoms with E-state index >= 15 is 0 Å². The van der Waals surface area contributed by atoms with Gasteiger partial charge in [0.1, 0.15) is 0 Å². The highest BCUT2D eigenvalue weighted by atomic mass is 32.2. The van der Waals surface area contributed by atoms with Crippen LogP contribution in [-0.2, 0) is 4.79 Å². The van der Waals surface area contributed by atoms with Crippen LogP contribution in [0.5, 0.6) is 0 Å². The smallest absolute Gasteiger partial charge is 0.223 e. The van der Waals surface area contributed by atoms with Crippen molar-refractivity contribution < 1.29 is 4.79 Å². The van der Waals surface area contributed by atoms with Gasteiger partial charge in [0.25, 0.3) is 0 Å². The molecule has 0 saturated carbocycles. The van der Waals surface area contributed by atoms with Crippen molar-refractivity contribution in [3.05, 3.63) is 0 Å². The van der Waals surface area contributed by atoms with E-state index in [0.29, 0.717) is 5.37 Å². The maximum Gasteiger partial charge on any atom is 0.223 e. The highest BCUT2D eigenvalue weighted by Gasteiger charge is 2.24. The number of β-lactam (4-membered cyclic amide) rings is 1. The van der Waals surface area contributed by atoms with Crippen LogP contribution in [0.15, 0.2) is 0 Å². The molecule has 0 aliphatic carbocycles. The van der Waals surface area contributed by atoms with E-state index in [4.69, 9.17) is 0 Å². The molecule has 1 heterocycles. The van der Waals surface area contributed by atoms with Gasteiger partial charge in [-0.2, -0.15) is 0 Å². The zero-order valence-corrected chi connectivity index (χ0v) is 6.33. The molecule has 0 spiro atoms. The number of carbonyl (C=O) groups excluding carboxylic acids is 1. The van der Waals surface area contributed by atoms with Gasteiger partial charge in [0.2, 0.25) is 5.91 Å². The van der Waals surface area contributed by atoms with Crippen LogP contribution in [0, 0.1) is 0 Å². The highest BCUT2D eigenvalue weighted by molar-refractivity contribution is 8.00. The highest BCUT2D eigenvalue weighted by Crippen LogP contribution is 2.18. The maximum atomic E-state index is 10.3. The third kappa shape index (κ3) is 1.90. The van der Waals surface area contributed by atoms with E-state index in [1.807, 2.05) is 11.8 Å². The van der Waals surface area contributed by atoms with Crippen LogP contribution < -0.4 is 5.32 Å². The fraction of sp³-hybridized carbons (Fsp3) is 0.833. The number of nitrogens with one attached hydrogen (secondary N) is 1. The average molecular weight is 145 g/mol. The molecule has 1 saturated heterocycles. The average Bonchev–Trinajstić information content (AvgIpc) is 1.78. The van der Waals surface area contributed by atoms with Crippen LogP contribution in [0.1, 0.15) is 19.8 Å². The summed E-state index contributed by atoms with van der Waals surface area (Å²) in [6.07, 6.45) is 1.92. The first-order valence-corrected chi connectivity index (χ1v) is 4.28. The lowest BCUT2D eigenvalue weighted by atomic mass is 10.3. The normalized spacial score (nSPS) is 25.0. The third-order valence-electron chi connectivity index (χ3n) is 1.22. The molecule has 1 amide bonds. The van der Waals surface area contributed by atoms with Gasteiger partial charge in [-0.3, -0.25) is 4.79 Å². The summed E-state index contributed by atoms with van der Waals surface area (Å²) in [5, 5.41) is 3.23. The minimum Gasteiger partial charge on any atom is -0.344 e. The van der Waals surface area contributed by atoms with Gasteiger partial charge >= 0.3 is 0 Å². The molecule has 0 radical (unpaired) electrons. The molecule has 0 aromatic heterocycles. The Morgan fingerprint density at radius 2 is 2.56 bits per heavy atom. The topological polar surface area (TPSA) is 29.1 Å². The SMILES string of the molecule is CCCSC1CC(=O)N1. The third-order valence-corrected chi connectivity index (χ3v) is 2.55. The standard InChI is InChI=1S/C6H11NOS/c1-2-3-9-6-4-5(8)7-6/h6H,2-4H2,1H3,(H,7,8). The van der Waals surface area contributed by atoms with E-state index in [1.165, 1.54) is 6.42 Å². The molecule has 1 rings (SSSR count). The lowest BCUT2D eigenvalue weighted by molar-refractivity contribution is -0.126. The van der Waals surface area contributed by atoms with E-state index in [0.717, 1.165) is 12.2 Å². The quantitative estimate of drug-likeness (QED) is 0.600. The Kier molecular flexibility index (Phi) is 2.39. The molecular weight excluding hydrogens is 134 g/mol. The van der Waals surface area contributed by atoms with Crippen LogP contribution in [0.4, 0.5) is 0 Å². The summed E-state index contributed by atoms with van der Waals surface area (Å²) in [5.74, 6) is 1.36. The lowest BCUT2D eigenvalue weighted by Gasteiger charge is -2.25. The van der Waals surface area contributed by atoms with Gasteiger partial charge in [-0.15, -0.1) is 11.8 Å². The predicted molar refractivity (Wildman–Crippen MR) is 39.3 cm³/mol. The molecule has 52 valence electrons. The van der Waals surface area contributed by atoms with E-state index in [-0.39, 0.29) is 5.91 Å². The molecule has 1 atom stereocenters. The second-order valence-corrected chi connectivity index (χ2v) is 3.44. The zero-order valence-electron chi connectivity index (χ0n) is 5.52. The number of rotatable bonds is 3. The molecular formula is C6H11NOS. The largest absolute Gasteiger partial charge is 0.344 e. The van der Waals surface area contributed by atoms with Crippen LogP contribution in [0.3, 0.4) is 0 Å². The van der Waals surface area contributed by atoms with Gasteiger partial charge in [-0.05, 0) is 12.2 Å². The number of carbonyl (C=O) groups is 1. The maximum absolute atomic E-state index is 10.3. The Morgan fingerprint density at radius 3 is 3.00 bits per heavy atom. The molecule has 0 aromatic rings. The van der Waals surface area contributed by atoms with Gasteiger partial charge in [0.05, 0.1) is 11.8 Å². The number of thioether (sulfide) groups is 1. The fourth-order valence-corrected chi connectivity index (χ4v) is 1.69. The Balaban J connectivity index is 1.97. The Morgan fingerprint density at radius 1 is 1.89 bits per heavy atom.